The van der Waals surface area contributed by atoms with Crippen molar-refractivity contribution >= 4 is 0 Å². The Kier molecular flexibility index (Phi) is 2.90. The second-order valence-corrected chi connectivity index (χ2v) is 4.12. The lowest BCUT2D eigenvalue weighted by Gasteiger charge is -2.38. The molecule has 2 rings (SSSR count). The van der Waals surface area contributed by atoms with Crippen molar-refractivity contribution in [2.75, 3.05) is 19.7 Å². The molecule has 0 aromatic carbocycles. The van der Waals surface area contributed by atoms with Crippen LogP contribution in [0.4, 0.5) is 13.2 Å². The molecular formula is C10H14F3N3O. The summed E-state index contributed by atoms with van der Waals surface area (Å²) in [6.07, 6.45) is -3.23. The molecule has 0 saturated carbocycles. The number of hydrogen-bond acceptors (Lipinski definition) is 3. The summed E-state index contributed by atoms with van der Waals surface area (Å²) in [7, 11) is 1.61. The zero-order valence-corrected chi connectivity index (χ0v) is 9.64. The highest BCUT2D eigenvalue weighted by molar-refractivity contribution is 5.27. The average Bonchev–Trinajstić information content (AvgIpc) is 2.60. The van der Waals surface area contributed by atoms with Crippen molar-refractivity contribution in [3.8, 4) is 0 Å². The predicted octanol–water partition coefficient (Wildman–Crippen LogP) is 1.11. The fraction of sp³-hybridized carbons (Fsp3) is 0.700. The van der Waals surface area contributed by atoms with E-state index in [0.717, 1.165) is 0 Å². The molecule has 7 heteroatoms. The minimum absolute atomic E-state index is 0.0356. The van der Waals surface area contributed by atoms with Gasteiger partial charge in [0.05, 0.1) is 12.8 Å². The Morgan fingerprint density at radius 1 is 1.53 bits per heavy atom. The molecule has 1 aliphatic heterocycles. The van der Waals surface area contributed by atoms with E-state index >= 15 is 0 Å². The van der Waals surface area contributed by atoms with E-state index in [2.05, 4.69) is 10.4 Å². The SMILES string of the molecule is Cc1c(C2(C(F)(F)F)CNCCO2)cnn1C. The number of morpholine rings is 1. The van der Waals surface area contributed by atoms with Crippen LogP contribution in [0.25, 0.3) is 0 Å². The van der Waals surface area contributed by atoms with Crippen LogP contribution < -0.4 is 5.32 Å². The van der Waals surface area contributed by atoms with E-state index in [1.54, 1.807) is 14.0 Å². The number of aryl methyl sites for hydroxylation is 1. The first-order valence-corrected chi connectivity index (χ1v) is 5.29. The molecule has 2 heterocycles. The van der Waals surface area contributed by atoms with Crippen LogP contribution in [0.2, 0.25) is 0 Å². The molecule has 0 aliphatic carbocycles. The topological polar surface area (TPSA) is 39.1 Å². The highest BCUT2D eigenvalue weighted by Gasteiger charge is 2.59. The van der Waals surface area contributed by atoms with Crippen LogP contribution in [-0.2, 0) is 17.4 Å². The number of aromatic nitrogens is 2. The van der Waals surface area contributed by atoms with Crippen LogP contribution in [0.3, 0.4) is 0 Å². The van der Waals surface area contributed by atoms with Crippen LogP contribution >= 0.6 is 0 Å². The number of halogens is 3. The van der Waals surface area contributed by atoms with Gasteiger partial charge >= 0.3 is 6.18 Å². The van der Waals surface area contributed by atoms with E-state index in [-0.39, 0.29) is 18.7 Å². The molecule has 1 aromatic rings. The Hall–Kier alpha value is -1.08. The van der Waals surface area contributed by atoms with E-state index in [1.807, 2.05) is 0 Å². The van der Waals surface area contributed by atoms with Crippen molar-refractivity contribution in [2.45, 2.75) is 18.7 Å². The summed E-state index contributed by atoms with van der Waals surface area (Å²) in [6, 6.07) is 0. The van der Waals surface area contributed by atoms with Gasteiger partial charge in [-0.1, -0.05) is 0 Å². The fourth-order valence-electron chi connectivity index (χ4n) is 2.02. The first-order valence-electron chi connectivity index (χ1n) is 5.29. The molecule has 0 amide bonds. The Morgan fingerprint density at radius 3 is 2.65 bits per heavy atom. The first-order chi connectivity index (χ1) is 7.88. The van der Waals surface area contributed by atoms with Gasteiger partial charge in [-0.2, -0.15) is 18.3 Å². The van der Waals surface area contributed by atoms with Crippen LogP contribution in [0.15, 0.2) is 6.20 Å². The van der Waals surface area contributed by atoms with E-state index in [1.165, 1.54) is 10.9 Å². The molecule has 4 nitrogen and oxygen atoms in total. The molecule has 1 unspecified atom stereocenters. The van der Waals surface area contributed by atoms with Gasteiger partial charge in [0, 0.05) is 31.4 Å². The van der Waals surface area contributed by atoms with Gasteiger partial charge < -0.3 is 10.1 Å². The summed E-state index contributed by atoms with van der Waals surface area (Å²) >= 11 is 0. The molecular weight excluding hydrogens is 235 g/mol. The molecule has 1 aliphatic rings. The molecule has 0 bridgehead atoms. The van der Waals surface area contributed by atoms with Crippen LogP contribution in [0.1, 0.15) is 11.3 Å². The summed E-state index contributed by atoms with van der Waals surface area (Å²) in [4.78, 5) is 0. The maximum Gasteiger partial charge on any atom is 0.423 e. The highest BCUT2D eigenvalue weighted by Crippen LogP contribution is 2.43. The third-order valence-electron chi connectivity index (χ3n) is 3.13. The van der Waals surface area contributed by atoms with Gasteiger partial charge in [-0.15, -0.1) is 0 Å². The summed E-state index contributed by atoms with van der Waals surface area (Å²) in [6.45, 7) is 1.79. The Bertz CT molecular complexity index is 407. The normalized spacial score (nSPS) is 26.2. The molecule has 0 radical (unpaired) electrons. The van der Waals surface area contributed by atoms with E-state index in [4.69, 9.17) is 4.74 Å². The zero-order chi connectivity index (χ0) is 12.7. The van der Waals surface area contributed by atoms with Gasteiger partial charge in [0.1, 0.15) is 0 Å². The largest absolute Gasteiger partial charge is 0.423 e. The molecule has 17 heavy (non-hydrogen) atoms. The van der Waals surface area contributed by atoms with Crippen LogP contribution in [0.5, 0.6) is 0 Å². The molecule has 1 fully saturated rings. The third kappa shape index (κ3) is 1.83. The Labute approximate surface area is 96.7 Å². The van der Waals surface area contributed by atoms with E-state index < -0.39 is 11.8 Å². The minimum atomic E-state index is -4.46. The quantitative estimate of drug-likeness (QED) is 0.810. The van der Waals surface area contributed by atoms with Crippen molar-refractivity contribution in [1.29, 1.82) is 0 Å². The van der Waals surface area contributed by atoms with Gasteiger partial charge in [-0.3, -0.25) is 4.68 Å². The Balaban J connectivity index is 2.50. The van der Waals surface area contributed by atoms with Crippen molar-refractivity contribution in [3.05, 3.63) is 17.5 Å². The van der Waals surface area contributed by atoms with Crippen molar-refractivity contribution < 1.29 is 17.9 Å². The lowest BCUT2D eigenvalue weighted by molar-refractivity contribution is -0.290. The highest BCUT2D eigenvalue weighted by atomic mass is 19.4. The van der Waals surface area contributed by atoms with Crippen LogP contribution in [-0.4, -0.2) is 35.7 Å². The number of alkyl halides is 3. The number of ether oxygens (including phenoxy) is 1. The lowest BCUT2D eigenvalue weighted by Crippen LogP contribution is -2.56. The van der Waals surface area contributed by atoms with Gasteiger partial charge in [0.2, 0.25) is 5.60 Å². The number of nitrogens with zero attached hydrogens (tertiary/aromatic N) is 2. The van der Waals surface area contributed by atoms with Crippen molar-refractivity contribution in [3.63, 3.8) is 0 Å². The number of hydrogen-bond donors (Lipinski definition) is 1. The predicted molar refractivity (Wildman–Crippen MR) is 54.5 cm³/mol. The fourth-order valence-corrected chi connectivity index (χ4v) is 2.02. The summed E-state index contributed by atoms with van der Waals surface area (Å²) in [5.74, 6) is 0. The van der Waals surface area contributed by atoms with Gasteiger partial charge in [-0.25, -0.2) is 0 Å². The lowest BCUT2D eigenvalue weighted by atomic mass is 9.92. The average molecular weight is 249 g/mol. The molecule has 1 saturated heterocycles. The summed E-state index contributed by atoms with van der Waals surface area (Å²) in [5.41, 5.74) is -1.73. The maximum atomic E-state index is 13.3. The van der Waals surface area contributed by atoms with E-state index in [9.17, 15) is 13.2 Å². The van der Waals surface area contributed by atoms with Gasteiger partial charge in [0.15, 0.2) is 0 Å². The van der Waals surface area contributed by atoms with Gasteiger partial charge in [-0.05, 0) is 6.92 Å². The molecule has 96 valence electrons. The van der Waals surface area contributed by atoms with Crippen molar-refractivity contribution in [2.24, 2.45) is 7.05 Å². The minimum Gasteiger partial charge on any atom is -0.358 e. The first kappa shape index (κ1) is 12.4. The monoisotopic (exact) mass is 249 g/mol. The standard InChI is InChI=1S/C10H14F3N3O/c1-7-8(5-15-16(7)2)9(10(11,12)13)6-14-3-4-17-9/h5,14H,3-4,6H2,1-2H3. The molecule has 1 N–H and O–H groups in total. The second-order valence-electron chi connectivity index (χ2n) is 4.12. The van der Waals surface area contributed by atoms with Crippen molar-refractivity contribution in [1.82, 2.24) is 15.1 Å². The number of nitrogens with one attached hydrogen (secondary N) is 1. The van der Waals surface area contributed by atoms with Crippen LogP contribution in [0, 0.1) is 6.92 Å². The smallest absolute Gasteiger partial charge is 0.358 e. The summed E-state index contributed by atoms with van der Waals surface area (Å²) in [5, 5.41) is 6.59. The summed E-state index contributed by atoms with van der Waals surface area (Å²) < 4.78 is 46.3. The Morgan fingerprint density at radius 2 is 2.24 bits per heavy atom. The third-order valence-corrected chi connectivity index (χ3v) is 3.13. The second kappa shape index (κ2) is 3.99. The maximum absolute atomic E-state index is 13.3. The zero-order valence-electron chi connectivity index (χ0n) is 9.64. The van der Waals surface area contributed by atoms with Gasteiger partial charge in [0.25, 0.3) is 0 Å². The number of rotatable bonds is 1. The van der Waals surface area contributed by atoms with E-state index in [0.29, 0.717) is 12.2 Å². The molecule has 1 aromatic heterocycles. The molecule has 0 spiro atoms. The molecule has 1 atom stereocenters.